The highest BCUT2D eigenvalue weighted by molar-refractivity contribution is 6.29. The zero-order valence-corrected chi connectivity index (χ0v) is 32.7. The lowest BCUT2D eigenvalue weighted by molar-refractivity contribution is 1.17. The predicted octanol–water partition coefficient (Wildman–Crippen LogP) is 15.6. The minimum atomic E-state index is 1.14. The fourth-order valence-corrected chi connectivity index (χ4v) is 8.74. The molecule has 0 aliphatic carbocycles. The molecule has 0 fully saturated rings. The minimum absolute atomic E-state index is 1.14. The highest BCUT2D eigenvalue weighted by Gasteiger charge is 2.22. The number of aromatic nitrogens is 2. The van der Waals surface area contributed by atoms with Crippen molar-refractivity contribution in [2.24, 2.45) is 0 Å². The van der Waals surface area contributed by atoms with Crippen LogP contribution in [0, 0.1) is 0 Å². The third-order valence-electron chi connectivity index (χ3n) is 11.3. The van der Waals surface area contributed by atoms with Gasteiger partial charge in [-0.1, -0.05) is 172 Å². The summed E-state index contributed by atoms with van der Waals surface area (Å²) in [6.07, 6.45) is 0. The third kappa shape index (κ3) is 5.98. The second-order valence-corrected chi connectivity index (χ2v) is 14.6. The number of benzene rings is 9. The Morgan fingerprint density at radius 1 is 0.241 bits per heavy atom. The maximum absolute atomic E-state index is 2.47. The summed E-state index contributed by atoms with van der Waals surface area (Å²) in [5, 5.41) is 5.01. The molecule has 11 rings (SSSR count). The van der Waals surface area contributed by atoms with Crippen molar-refractivity contribution < 1.29 is 0 Å². The van der Waals surface area contributed by atoms with E-state index in [2.05, 4.69) is 228 Å². The average molecular weight is 743 g/mol. The Hall–Kier alpha value is -7.42. The molecule has 2 aromatic heterocycles. The predicted molar refractivity (Wildman–Crippen MR) is 248 cm³/mol. The monoisotopic (exact) mass is 742 g/mol. The van der Waals surface area contributed by atoms with Crippen molar-refractivity contribution in [3.8, 4) is 55.9 Å². The van der Waals surface area contributed by atoms with E-state index >= 15 is 0 Å². The molecule has 9 aromatic carbocycles. The molecule has 0 saturated carbocycles. The molecule has 276 valence electrons. The summed E-state index contributed by atoms with van der Waals surface area (Å²) in [4.78, 5) is 0. The van der Waals surface area contributed by atoms with Gasteiger partial charge in [-0.25, -0.2) is 0 Å². The van der Waals surface area contributed by atoms with Crippen molar-refractivity contribution >= 4 is 43.6 Å². The van der Waals surface area contributed by atoms with E-state index in [1.54, 1.807) is 0 Å². The first-order valence-electron chi connectivity index (χ1n) is 20.3. The summed E-state index contributed by atoms with van der Waals surface area (Å²) in [6, 6.07) is 79.4. The van der Waals surface area contributed by atoms with E-state index in [4.69, 9.17) is 0 Å². The van der Waals surface area contributed by atoms with Crippen molar-refractivity contribution in [3.63, 3.8) is 0 Å². The van der Waals surface area contributed by atoms with E-state index in [1.165, 1.54) is 88.1 Å². The first kappa shape index (κ1) is 35.0. The molecule has 0 N–H and O–H groups in total. The molecule has 2 nitrogen and oxygen atoms in total. The highest BCUT2D eigenvalue weighted by Crippen LogP contribution is 2.44. The quantitative estimate of drug-likeness (QED) is 0.161. The molecule has 0 atom stereocenters. The number of hydrogen-bond acceptors (Lipinski definition) is 0. The van der Waals surface area contributed by atoms with Crippen LogP contribution < -0.4 is 0 Å². The third-order valence-corrected chi connectivity index (χ3v) is 11.3. The number of fused-ring (bicyclic) bond motifs is 7. The molecule has 2 heterocycles. The van der Waals surface area contributed by atoms with E-state index in [9.17, 15) is 0 Å². The summed E-state index contributed by atoms with van der Waals surface area (Å²) in [5.74, 6) is 0. The SMILES string of the molecule is CC.c1ccc(-c2cc(-c3ccccc3)cc(-n3c4ccccc4c4c5c6ccccc6n(-c6cc(-c7ccccc7)cc(-c7ccccc7)c6)c5ccc43)c2)cc1. The molecule has 0 amide bonds. The molecule has 0 saturated heterocycles. The van der Waals surface area contributed by atoms with Gasteiger partial charge in [-0.15, -0.1) is 0 Å². The van der Waals surface area contributed by atoms with Gasteiger partial charge in [0.05, 0.1) is 22.1 Å². The normalized spacial score (nSPS) is 11.3. The van der Waals surface area contributed by atoms with Crippen LogP contribution in [0.1, 0.15) is 13.8 Å². The maximum atomic E-state index is 2.47. The lowest BCUT2D eigenvalue weighted by Crippen LogP contribution is -1.97. The fourth-order valence-electron chi connectivity index (χ4n) is 8.74. The van der Waals surface area contributed by atoms with Crippen LogP contribution in [0.5, 0.6) is 0 Å². The van der Waals surface area contributed by atoms with Gasteiger partial charge in [0.1, 0.15) is 0 Å². The summed E-state index contributed by atoms with van der Waals surface area (Å²) in [5.41, 5.74) is 16.6. The number of para-hydroxylation sites is 2. The zero-order valence-electron chi connectivity index (χ0n) is 32.7. The second-order valence-electron chi connectivity index (χ2n) is 14.6. The van der Waals surface area contributed by atoms with Crippen LogP contribution in [0.4, 0.5) is 0 Å². The maximum Gasteiger partial charge on any atom is 0.0548 e. The molecular formula is C56H42N2. The number of rotatable bonds is 6. The summed E-state index contributed by atoms with van der Waals surface area (Å²) < 4.78 is 4.94. The van der Waals surface area contributed by atoms with Crippen LogP contribution in [-0.4, -0.2) is 9.13 Å². The van der Waals surface area contributed by atoms with Gasteiger partial charge in [-0.3, -0.25) is 0 Å². The van der Waals surface area contributed by atoms with Crippen molar-refractivity contribution in [2.75, 3.05) is 0 Å². The lowest BCUT2D eigenvalue weighted by Gasteiger charge is -2.15. The van der Waals surface area contributed by atoms with Crippen LogP contribution >= 0.6 is 0 Å². The molecule has 0 aliphatic heterocycles. The average Bonchev–Trinajstić information content (AvgIpc) is 3.83. The van der Waals surface area contributed by atoms with Crippen molar-refractivity contribution in [2.45, 2.75) is 13.8 Å². The topological polar surface area (TPSA) is 9.86 Å². The van der Waals surface area contributed by atoms with Gasteiger partial charge in [0.2, 0.25) is 0 Å². The smallest absolute Gasteiger partial charge is 0.0548 e. The Kier molecular flexibility index (Phi) is 9.01. The Labute approximate surface area is 339 Å². The van der Waals surface area contributed by atoms with E-state index in [-0.39, 0.29) is 0 Å². The van der Waals surface area contributed by atoms with Gasteiger partial charge in [0.25, 0.3) is 0 Å². The first-order valence-corrected chi connectivity index (χ1v) is 20.3. The standard InChI is InChI=1S/C54H36N2.C2H6/c1-5-17-37(18-6-1)41-31-42(38-19-7-2-8-20-38)34-45(33-41)55-49-27-15-13-25-47(49)53-51(55)29-30-52-54(53)48-26-14-16-28-50(48)56(52)46-35-43(39-21-9-3-10-22-39)32-44(36-46)40-23-11-4-12-24-40;1-2/h1-36H;1-2H3. The van der Waals surface area contributed by atoms with Crippen molar-refractivity contribution in [3.05, 3.63) is 218 Å². The van der Waals surface area contributed by atoms with E-state index in [0.717, 1.165) is 11.4 Å². The Morgan fingerprint density at radius 2 is 0.517 bits per heavy atom. The van der Waals surface area contributed by atoms with E-state index in [1.807, 2.05) is 13.8 Å². The second kappa shape index (κ2) is 14.9. The molecule has 2 heteroatoms. The van der Waals surface area contributed by atoms with Gasteiger partial charge < -0.3 is 9.13 Å². The minimum Gasteiger partial charge on any atom is -0.309 e. The van der Waals surface area contributed by atoms with Crippen LogP contribution in [0.15, 0.2) is 218 Å². The zero-order chi connectivity index (χ0) is 39.0. The van der Waals surface area contributed by atoms with Gasteiger partial charge in [-0.2, -0.15) is 0 Å². The number of hydrogen-bond donors (Lipinski definition) is 0. The highest BCUT2D eigenvalue weighted by atomic mass is 15.0. The van der Waals surface area contributed by atoms with Crippen LogP contribution in [0.25, 0.3) is 99.5 Å². The van der Waals surface area contributed by atoms with Crippen molar-refractivity contribution in [1.82, 2.24) is 9.13 Å². The van der Waals surface area contributed by atoms with Gasteiger partial charge >= 0.3 is 0 Å². The molecule has 0 aliphatic rings. The Morgan fingerprint density at radius 3 is 0.828 bits per heavy atom. The van der Waals surface area contributed by atoms with Gasteiger partial charge in [0, 0.05) is 32.9 Å². The van der Waals surface area contributed by atoms with Crippen molar-refractivity contribution in [1.29, 1.82) is 0 Å². The van der Waals surface area contributed by atoms with E-state index < -0.39 is 0 Å². The van der Waals surface area contributed by atoms with Gasteiger partial charge in [0.15, 0.2) is 0 Å². The summed E-state index contributed by atoms with van der Waals surface area (Å²) in [6.45, 7) is 4.00. The largest absolute Gasteiger partial charge is 0.309 e. The lowest BCUT2D eigenvalue weighted by atomic mass is 9.98. The molecule has 0 bridgehead atoms. The molecule has 0 radical (unpaired) electrons. The first-order chi connectivity index (χ1) is 28.8. The Balaban J connectivity index is 0.00000201. The molecule has 0 spiro atoms. The molecule has 11 aromatic rings. The number of nitrogens with zero attached hydrogens (tertiary/aromatic N) is 2. The van der Waals surface area contributed by atoms with Crippen LogP contribution in [-0.2, 0) is 0 Å². The van der Waals surface area contributed by atoms with Crippen LogP contribution in [0.3, 0.4) is 0 Å². The molecular weight excluding hydrogens is 701 g/mol. The summed E-state index contributed by atoms with van der Waals surface area (Å²) >= 11 is 0. The molecule has 58 heavy (non-hydrogen) atoms. The summed E-state index contributed by atoms with van der Waals surface area (Å²) in [7, 11) is 0. The van der Waals surface area contributed by atoms with Gasteiger partial charge in [-0.05, 0) is 105 Å². The van der Waals surface area contributed by atoms with Crippen LogP contribution in [0.2, 0.25) is 0 Å². The van der Waals surface area contributed by atoms with E-state index in [0.29, 0.717) is 0 Å². The fraction of sp³-hybridized carbons (Fsp3) is 0.0357. The molecule has 0 unspecified atom stereocenters. The Bertz CT molecular complexity index is 2870.